The molecule has 0 amide bonds. The van der Waals surface area contributed by atoms with Crippen molar-refractivity contribution in [3.8, 4) is 6.07 Å². The number of nitriles is 1. The van der Waals surface area contributed by atoms with Crippen molar-refractivity contribution in [2.75, 3.05) is 11.9 Å². The Morgan fingerprint density at radius 2 is 2.05 bits per heavy atom. The molecule has 0 aromatic carbocycles. The van der Waals surface area contributed by atoms with Crippen molar-refractivity contribution in [2.24, 2.45) is 5.92 Å². The topological polar surface area (TPSA) is 48.7 Å². The Kier molecular flexibility index (Phi) is 4.79. The minimum absolute atomic E-state index is 0.689. The van der Waals surface area contributed by atoms with Crippen molar-refractivity contribution in [3.63, 3.8) is 0 Å². The van der Waals surface area contributed by atoms with Crippen molar-refractivity contribution in [3.05, 3.63) is 22.9 Å². The smallest absolute Gasteiger partial charge is 0.144 e. The highest BCUT2D eigenvalue weighted by molar-refractivity contribution is 5.56. The number of aryl methyl sites for hydroxylation is 2. The van der Waals surface area contributed by atoms with Gasteiger partial charge in [-0.15, -0.1) is 0 Å². The zero-order chi connectivity index (χ0) is 13.7. The number of hydrogen-bond acceptors (Lipinski definition) is 3. The van der Waals surface area contributed by atoms with Crippen molar-refractivity contribution in [1.82, 2.24) is 4.98 Å². The van der Waals surface area contributed by atoms with Gasteiger partial charge < -0.3 is 5.32 Å². The van der Waals surface area contributed by atoms with Crippen molar-refractivity contribution in [1.29, 1.82) is 5.26 Å². The summed E-state index contributed by atoms with van der Waals surface area (Å²) in [6.45, 7) is 4.87. The van der Waals surface area contributed by atoms with Crippen LogP contribution < -0.4 is 5.32 Å². The van der Waals surface area contributed by atoms with E-state index in [1.165, 1.54) is 38.5 Å². The summed E-state index contributed by atoms with van der Waals surface area (Å²) >= 11 is 0. The molecule has 1 N–H and O–H groups in total. The van der Waals surface area contributed by atoms with E-state index >= 15 is 0 Å². The fraction of sp³-hybridized carbons (Fsp3) is 0.625. The molecule has 0 radical (unpaired) electrons. The maximum atomic E-state index is 9.21. The monoisotopic (exact) mass is 257 g/mol. The minimum atomic E-state index is 0.689. The highest BCUT2D eigenvalue weighted by Crippen LogP contribution is 2.26. The number of rotatable bonds is 4. The molecule has 1 aliphatic carbocycles. The summed E-state index contributed by atoms with van der Waals surface area (Å²) in [6, 6.07) is 4.22. The molecule has 1 saturated carbocycles. The number of pyridine rings is 1. The molecule has 0 aliphatic heterocycles. The lowest BCUT2D eigenvalue weighted by Gasteiger charge is -2.21. The molecule has 0 spiro atoms. The van der Waals surface area contributed by atoms with Gasteiger partial charge >= 0.3 is 0 Å². The lowest BCUT2D eigenvalue weighted by Crippen LogP contribution is -2.13. The van der Waals surface area contributed by atoms with Crippen LogP contribution in [0.15, 0.2) is 6.07 Å². The number of nitrogens with zero attached hydrogens (tertiary/aromatic N) is 2. The van der Waals surface area contributed by atoms with Gasteiger partial charge in [-0.25, -0.2) is 4.98 Å². The predicted octanol–water partition coefficient (Wildman–Crippen LogP) is 3.95. The Morgan fingerprint density at radius 3 is 2.74 bits per heavy atom. The van der Waals surface area contributed by atoms with Crippen LogP contribution in [-0.4, -0.2) is 11.5 Å². The van der Waals surface area contributed by atoms with Gasteiger partial charge in [-0.05, 0) is 37.8 Å². The molecule has 1 fully saturated rings. The van der Waals surface area contributed by atoms with Crippen LogP contribution in [0.25, 0.3) is 0 Å². The Hall–Kier alpha value is -1.56. The first-order valence-corrected chi connectivity index (χ1v) is 7.33. The molecule has 1 aliphatic rings. The number of anilines is 1. The maximum Gasteiger partial charge on any atom is 0.144 e. The second-order valence-corrected chi connectivity index (χ2v) is 5.64. The average molecular weight is 257 g/mol. The average Bonchev–Trinajstić information content (AvgIpc) is 2.39. The van der Waals surface area contributed by atoms with E-state index < -0.39 is 0 Å². The molecule has 0 unspecified atom stereocenters. The van der Waals surface area contributed by atoms with Crippen LogP contribution in [-0.2, 0) is 0 Å². The Bertz CT molecular complexity index is 468. The van der Waals surface area contributed by atoms with E-state index in [0.29, 0.717) is 5.56 Å². The first-order chi connectivity index (χ1) is 9.20. The molecule has 3 nitrogen and oxygen atoms in total. The van der Waals surface area contributed by atoms with E-state index in [4.69, 9.17) is 0 Å². The molecular formula is C16H23N3. The normalized spacial score (nSPS) is 16.1. The molecule has 0 atom stereocenters. The molecule has 1 heterocycles. The predicted molar refractivity (Wildman–Crippen MR) is 78.1 cm³/mol. The van der Waals surface area contributed by atoms with Gasteiger partial charge in [-0.1, -0.05) is 32.1 Å². The van der Waals surface area contributed by atoms with Gasteiger partial charge in [0.1, 0.15) is 11.9 Å². The summed E-state index contributed by atoms with van der Waals surface area (Å²) in [7, 11) is 0. The Morgan fingerprint density at radius 1 is 1.32 bits per heavy atom. The summed E-state index contributed by atoms with van der Waals surface area (Å²) in [6.07, 6.45) is 8.10. The molecule has 0 saturated heterocycles. The molecular weight excluding hydrogens is 234 g/mol. The fourth-order valence-corrected chi connectivity index (χ4v) is 2.98. The highest BCUT2D eigenvalue weighted by atomic mass is 15.0. The summed E-state index contributed by atoms with van der Waals surface area (Å²) in [5.74, 6) is 1.62. The third-order valence-corrected chi connectivity index (χ3v) is 4.03. The van der Waals surface area contributed by atoms with Crippen LogP contribution in [0.5, 0.6) is 0 Å². The molecule has 3 heteroatoms. The fourth-order valence-electron chi connectivity index (χ4n) is 2.98. The summed E-state index contributed by atoms with van der Waals surface area (Å²) < 4.78 is 0. The maximum absolute atomic E-state index is 9.21. The van der Waals surface area contributed by atoms with Gasteiger partial charge in [0, 0.05) is 12.2 Å². The summed E-state index contributed by atoms with van der Waals surface area (Å²) in [4.78, 5) is 4.45. The standard InChI is InChI=1S/C16H23N3/c1-12-10-13(2)19-16(15(12)11-17)18-9-8-14-6-4-3-5-7-14/h10,14H,3-9H2,1-2H3,(H,18,19). The summed E-state index contributed by atoms with van der Waals surface area (Å²) in [5.41, 5.74) is 2.67. The largest absolute Gasteiger partial charge is 0.369 e. The Labute approximate surface area is 116 Å². The van der Waals surface area contributed by atoms with Crippen LogP contribution in [0.3, 0.4) is 0 Å². The van der Waals surface area contributed by atoms with Gasteiger partial charge in [0.15, 0.2) is 0 Å². The minimum Gasteiger partial charge on any atom is -0.369 e. The van der Waals surface area contributed by atoms with E-state index in [2.05, 4.69) is 16.4 Å². The number of aromatic nitrogens is 1. The van der Waals surface area contributed by atoms with Gasteiger partial charge in [-0.2, -0.15) is 5.26 Å². The third kappa shape index (κ3) is 3.70. The molecule has 19 heavy (non-hydrogen) atoms. The van der Waals surface area contributed by atoms with Crippen molar-refractivity contribution >= 4 is 5.82 Å². The number of hydrogen-bond donors (Lipinski definition) is 1. The van der Waals surface area contributed by atoms with Crippen LogP contribution in [0, 0.1) is 31.1 Å². The van der Waals surface area contributed by atoms with E-state index in [-0.39, 0.29) is 0 Å². The van der Waals surface area contributed by atoms with Crippen molar-refractivity contribution in [2.45, 2.75) is 52.4 Å². The molecule has 1 aromatic heterocycles. The lowest BCUT2D eigenvalue weighted by atomic mass is 9.87. The van der Waals surface area contributed by atoms with Gasteiger partial charge in [-0.3, -0.25) is 0 Å². The lowest BCUT2D eigenvalue weighted by molar-refractivity contribution is 0.345. The third-order valence-electron chi connectivity index (χ3n) is 4.03. The zero-order valence-electron chi connectivity index (χ0n) is 12.0. The van der Waals surface area contributed by atoms with E-state index in [0.717, 1.165) is 29.5 Å². The summed E-state index contributed by atoms with van der Waals surface area (Å²) in [5, 5.41) is 12.6. The first kappa shape index (κ1) is 13.9. The second-order valence-electron chi connectivity index (χ2n) is 5.64. The van der Waals surface area contributed by atoms with Crippen LogP contribution in [0.4, 0.5) is 5.82 Å². The van der Waals surface area contributed by atoms with E-state index in [1.54, 1.807) is 0 Å². The van der Waals surface area contributed by atoms with Gasteiger partial charge in [0.2, 0.25) is 0 Å². The molecule has 102 valence electrons. The van der Waals surface area contributed by atoms with Crippen molar-refractivity contribution < 1.29 is 0 Å². The zero-order valence-corrected chi connectivity index (χ0v) is 12.0. The van der Waals surface area contributed by atoms with Crippen LogP contribution >= 0.6 is 0 Å². The molecule has 2 rings (SSSR count). The Balaban J connectivity index is 1.93. The highest BCUT2D eigenvalue weighted by Gasteiger charge is 2.13. The number of nitrogens with one attached hydrogen (secondary N) is 1. The molecule has 0 bridgehead atoms. The first-order valence-electron chi connectivity index (χ1n) is 7.33. The molecule has 1 aromatic rings. The quantitative estimate of drug-likeness (QED) is 0.888. The van der Waals surface area contributed by atoms with Crippen LogP contribution in [0.1, 0.15) is 55.3 Å². The van der Waals surface area contributed by atoms with E-state index in [1.807, 2.05) is 19.9 Å². The SMILES string of the molecule is Cc1cc(C)c(C#N)c(NCCC2CCCCC2)n1. The van der Waals surface area contributed by atoms with Gasteiger partial charge in [0.25, 0.3) is 0 Å². The van der Waals surface area contributed by atoms with E-state index in [9.17, 15) is 5.26 Å². The second kappa shape index (κ2) is 6.56. The van der Waals surface area contributed by atoms with Crippen LogP contribution in [0.2, 0.25) is 0 Å². The van der Waals surface area contributed by atoms with Gasteiger partial charge in [0.05, 0.1) is 5.56 Å².